The quantitative estimate of drug-likeness (QED) is 0.840. The summed E-state index contributed by atoms with van der Waals surface area (Å²) >= 11 is 0. The summed E-state index contributed by atoms with van der Waals surface area (Å²) < 4.78 is 0. The fourth-order valence-corrected chi connectivity index (χ4v) is 2.37. The van der Waals surface area contributed by atoms with Crippen LogP contribution in [0.5, 0.6) is 0 Å². The van der Waals surface area contributed by atoms with Crippen molar-refractivity contribution in [1.29, 1.82) is 0 Å². The molecule has 0 unspecified atom stereocenters. The molecule has 0 aliphatic heterocycles. The Morgan fingerprint density at radius 1 is 0.900 bits per heavy atom. The number of aliphatic hydroxyl groups is 1. The largest absolute Gasteiger partial charge is 0.393 e. The Bertz CT molecular complexity index is 495. The van der Waals surface area contributed by atoms with E-state index >= 15 is 0 Å². The van der Waals surface area contributed by atoms with Gasteiger partial charge in [0.25, 0.3) is 0 Å². The first-order valence-electron chi connectivity index (χ1n) is 7.19. The molecule has 0 saturated carbocycles. The summed E-state index contributed by atoms with van der Waals surface area (Å²) in [5.74, 6) is 0.154. The van der Waals surface area contributed by atoms with Crippen molar-refractivity contribution in [2.75, 3.05) is 0 Å². The van der Waals surface area contributed by atoms with Crippen molar-refractivity contribution in [2.45, 2.75) is 32.5 Å². The molecule has 106 valence electrons. The van der Waals surface area contributed by atoms with Gasteiger partial charge in [0.1, 0.15) is 0 Å². The van der Waals surface area contributed by atoms with Crippen molar-refractivity contribution in [3.05, 3.63) is 71.8 Å². The normalized spacial score (nSPS) is 15.6. The molecule has 0 aliphatic rings. The van der Waals surface area contributed by atoms with Crippen LogP contribution in [0.3, 0.4) is 0 Å². The predicted molar refractivity (Wildman–Crippen MR) is 83.3 cm³/mol. The first-order chi connectivity index (χ1) is 9.68. The minimum absolute atomic E-state index is 0.149. The molecule has 0 fully saturated rings. The van der Waals surface area contributed by atoms with Gasteiger partial charge in [-0.25, -0.2) is 0 Å². The molecule has 0 spiro atoms. The lowest BCUT2D eigenvalue weighted by Crippen LogP contribution is -2.32. The van der Waals surface area contributed by atoms with Crippen molar-refractivity contribution in [1.82, 2.24) is 5.32 Å². The van der Waals surface area contributed by atoms with Gasteiger partial charge in [0.05, 0.1) is 6.10 Å². The van der Waals surface area contributed by atoms with Crippen molar-refractivity contribution < 1.29 is 5.11 Å². The van der Waals surface area contributed by atoms with Crippen LogP contribution in [-0.2, 0) is 6.54 Å². The molecule has 3 atom stereocenters. The maximum Gasteiger partial charge on any atom is 0.0555 e. The predicted octanol–water partition coefficient (Wildman–Crippen LogP) is 3.53. The van der Waals surface area contributed by atoms with Crippen LogP contribution in [0.2, 0.25) is 0 Å². The van der Waals surface area contributed by atoms with E-state index in [-0.39, 0.29) is 18.1 Å². The SMILES string of the molecule is C[C@@H]([C@@H](C)O)[C@@H](NCc1ccccc1)c1ccccc1. The summed E-state index contributed by atoms with van der Waals surface area (Å²) in [6.45, 7) is 4.74. The van der Waals surface area contributed by atoms with Crippen molar-refractivity contribution in [3.63, 3.8) is 0 Å². The fraction of sp³-hybridized carbons (Fsp3) is 0.333. The van der Waals surface area contributed by atoms with Crippen molar-refractivity contribution >= 4 is 0 Å². The summed E-state index contributed by atoms with van der Waals surface area (Å²) in [6.07, 6.45) is -0.344. The highest BCUT2D eigenvalue weighted by Crippen LogP contribution is 2.25. The Labute approximate surface area is 121 Å². The molecule has 0 saturated heterocycles. The smallest absolute Gasteiger partial charge is 0.0555 e. The number of aliphatic hydroxyl groups excluding tert-OH is 1. The van der Waals surface area contributed by atoms with E-state index in [1.54, 1.807) is 0 Å². The van der Waals surface area contributed by atoms with Crippen molar-refractivity contribution in [3.8, 4) is 0 Å². The van der Waals surface area contributed by atoms with Crippen LogP contribution >= 0.6 is 0 Å². The molecule has 0 heterocycles. The Balaban J connectivity index is 2.11. The molecular formula is C18H23NO. The summed E-state index contributed by atoms with van der Waals surface area (Å²) in [6, 6.07) is 20.8. The molecule has 2 N–H and O–H groups in total. The first kappa shape index (κ1) is 14.8. The second-order valence-corrected chi connectivity index (χ2v) is 5.35. The molecule has 0 amide bonds. The number of rotatable bonds is 6. The van der Waals surface area contributed by atoms with Gasteiger partial charge in [-0.15, -0.1) is 0 Å². The van der Waals surface area contributed by atoms with Gasteiger partial charge in [0, 0.05) is 18.5 Å². The lowest BCUT2D eigenvalue weighted by molar-refractivity contribution is 0.110. The van der Waals surface area contributed by atoms with E-state index in [4.69, 9.17) is 0 Å². The average Bonchev–Trinajstić information content (AvgIpc) is 2.49. The zero-order valence-corrected chi connectivity index (χ0v) is 12.2. The van der Waals surface area contributed by atoms with Crippen LogP contribution in [0.25, 0.3) is 0 Å². The van der Waals surface area contributed by atoms with E-state index < -0.39 is 0 Å². The van der Waals surface area contributed by atoms with E-state index in [2.05, 4.69) is 36.5 Å². The van der Waals surface area contributed by atoms with Gasteiger partial charge in [-0.1, -0.05) is 67.6 Å². The number of nitrogens with one attached hydrogen (secondary N) is 1. The highest BCUT2D eigenvalue weighted by Gasteiger charge is 2.22. The van der Waals surface area contributed by atoms with E-state index in [9.17, 15) is 5.11 Å². The second kappa shape index (κ2) is 7.22. The number of hydrogen-bond donors (Lipinski definition) is 2. The van der Waals surface area contributed by atoms with Gasteiger partial charge in [0.15, 0.2) is 0 Å². The second-order valence-electron chi connectivity index (χ2n) is 5.35. The Morgan fingerprint density at radius 3 is 2.00 bits per heavy atom. The summed E-state index contributed by atoms with van der Waals surface area (Å²) in [4.78, 5) is 0. The molecule has 0 aliphatic carbocycles. The lowest BCUT2D eigenvalue weighted by atomic mass is 9.90. The Hall–Kier alpha value is -1.64. The van der Waals surface area contributed by atoms with E-state index in [1.807, 2.05) is 43.3 Å². The average molecular weight is 269 g/mol. The van der Waals surface area contributed by atoms with E-state index in [0.29, 0.717) is 0 Å². The third-order valence-electron chi connectivity index (χ3n) is 3.81. The van der Waals surface area contributed by atoms with Crippen molar-refractivity contribution in [2.24, 2.45) is 5.92 Å². The standard InChI is InChI=1S/C18H23NO/c1-14(15(2)20)18(17-11-7-4-8-12-17)19-13-16-9-5-3-6-10-16/h3-12,14-15,18-20H,13H2,1-2H3/t14-,15+,18+/m0/s1. The molecule has 2 heteroatoms. The van der Waals surface area contributed by atoms with Gasteiger partial charge in [-0.3, -0.25) is 0 Å². The zero-order chi connectivity index (χ0) is 14.4. The minimum Gasteiger partial charge on any atom is -0.393 e. The summed E-state index contributed by atoms with van der Waals surface area (Å²) in [7, 11) is 0. The topological polar surface area (TPSA) is 32.3 Å². The van der Waals surface area contributed by atoms with Crippen LogP contribution < -0.4 is 5.32 Å². The maximum absolute atomic E-state index is 9.91. The lowest BCUT2D eigenvalue weighted by Gasteiger charge is -2.28. The molecule has 20 heavy (non-hydrogen) atoms. The third-order valence-corrected chi connectivity index (χ3v) is 3.81. The van der Waals surface area contributed by atoms with E-state index in [1.165, 1.54) is 11.1 Å². The molecule has 0 aromatic heterocycles. The molecule has 0 radical (unpaired) electrons. The van der Waals surface area contributed by atoms with Crippen LogP contribution in [0.15, 0.2) is 60.7 Å². The molecule has 0 bridgehead atoms. The van der Waals surface area contributed by atoms with Crippen LogP contribution in [-0.4, -0.2) is 11.2 Å². The van der Waals surface area contributed by atoms with Crippen LogP contribution in [0.4, 0.5) is 0 Å². The van der Waals surface area contributed by atoms with E-state index in [0.717, 1.165) is 6.54 Å². The number of benzene rings is 2. The summed E-state index contributed by atoms with van der Waals surface area (Å²) in [5, 5.41) is 13.5. The first-order valence-corrected chi connectivity index (χ1v) is 7.19. The molecular weight excluding hydrogens is 246 g/mol. The summed E-state index contributed by atoms with van der Waals surface area (Å²) in [5.41, 5.74) is 2.48. The van der Waals surface area contributed by atoms with Gasteiger partial charge in [-0.05, 0) is 18.1 Å². The number of hydrogen-bond acceptors (Lipinski definition) is 2. The van der Waals surface area contributed by atoms with Gasteiger partial charge in [0.2, 0.25) is 0 Å². The molecule has 2 rings (SSSR count). The Morgan fingerprint density at radius 2 is 1.45 bits per heavy atom. The highest BCUT2D eigenvalue weighted by molar-refractivity contribution is 5.21. The Kier molecular flexibility index (Phi) is 5.33. The van der Waals surface area contributed by atoms with Crippen LogP contribution in [0.1, 0.15) is 31.0 Å². The fourth-order valence-electron chi connectivity index (χ4n) is 2.37. The van der Waals surface area contributed by atoms with Gasteiger partial charge < -0.3 is 10.4 Å². The van der Waals surface area contributed by atoms with Gasteiger partial charge >= 0.3 is 0 Å². The molecule has 2 aromatic rings. The molecule has 2 nitrogen and oxygen atoms in total. The molecule has 2 aromatic carbocycles. The highest BCUT2D eigenvalue weighted by atomic mass is 16.3. The minimum atomic E-state index is -0.344. The zero-order valence-electron chi connectivity index (χ0n) is 12.2. The maximum atomic E-state index is 9.91. The van der Waals surface area contributed by atoms with Gasteiger partial charge in [-0.2, -0.15) is 0 Å². The third kappa shape index (κ3) is 3.92. The monoisotopic (exact) mass is 269 g/mol. The van der Waals surface area contributed by atoms with Crippen LogP contribution in [0, 0.1) is 5.92 Å².